The molecule has 2 heterocycles. The van der Waals surface area contributed by atoms with E-state index in [-0.39, 0.29) is 6.10 Å². The second-order valence-electron chi connectivity index (χ2n) is 3.23. The van der Waals surface area contributed by atoms with Crippen molar-refractivity contribution >= 4 is 0 Å². The number of rotatable bonds is 3. The molecule has 1 fully saturated rings. The van der Waals surface area contributed by atoms with Gasteiger partial charge in [-0.05, 0) is 6.92 Å². The molecule has 76 valence electrons. The van der Waals surface area contributed by atoms with E-state index < -0.39 is 0 Å². The van der Waals surface area contributed by atoms with Gasteiger partial charge in [0.05, 0.1) is 13.2 Å². The Hall–Kier alpha value is -1.20. The summed E-state index contributed by atoms with van der Waals surface area (Å²) in [6.07, 6.45) is 1.83. The van der Waals surface area contributed by atoms with Gasteiger partial charge in [0.2, 0.25) is 5.88 Å². The largest absolute Gasteiger partial charge is 0.469 e. The number of hydrogen-bond donors (Lipinski definition) is 1. The summed E-state index contributed by atoms with van der Waals surface area (Å²) in [5.41, 5.74) is 6.38. The van der Waals surface area contributed by atoms with E-state index in [1.807, 2.05) is 6.92 Å². The molecular weight excluding hydrogens is 182 g/mol. The zero-order valence-corrected chi connectivity index (χ0v) is 8.06. The van der Waals surface area contributed by atoms with Gasteiger partial charge >= 0.3 is 0 Å². The maximum Gasteiger partial charge on any atom is 0.221 e. The summed E-state index contributed by atoms with van der Waals surface area (Å²) in [4.78, 5) is 8.26. The Bertz CT molecular complexity index is 326. The maximum atomic E-state index is 5.60. The third kappa shape index (κ3) is 1.83. The fourth-order valence-corrected chi connectivity index (χ4v) is 1.16. The van der Waals surface area contributed by atoms with E-state index >= 15 is 0 Å². The molecule has 2 rings (SSSR count). The third-order valence-electron chi connectivity index (χ3n) is 2.05. The highest BCUT2D eigenvalue weighted by molar-refractivity contribution is 5.23. The average Bonchev–Trinajstić information content (AvgIpc) is 2.12. The van der Waals surface area contributed by atoms with Crippen LogP contribution in [-0.2, 0) is 11.3 Å². The summed E-state index contributed by atoms with van der Waals surface area (Å²) in [7, 11) is 0. The zero-order valence-electron chi connectivity index (χ0n) is 8.06. The van der Waals surface area contributed by atoms with Gasteiger partial charge in [-0.1, -0.05) is 0 Å². The van der Waals surface area contributed by atoms with Crippen molar-refractivity contribution in [3.8, 4) is 5.88 Å². The average molecular weight is 195 g/mol. The molecular formula is C9H13N3O2. The highest BCUT2D eigenvalue weighted by atomic mass is 16.6. The first-order valence-electron chi connectivity index (χ1n) is 4.56. The molecule has 0 amide bonds. The first kappa shape index (κ1) is 9.36. The molecule has 0 unspecified atom stereocenters. The van der Waals surface area contributed by atoms with Crippen LogP contribution in [0.15, 0.2) is 6.20 Å². The highest BCUT2D eigenvalue weighted by Crippen LogP contribution is 2.17. The number of ether oxygens (including phenoxy) is 2. The van der Waals surface area contributed by atoms with Crippen LogP contribution in [0.2, 0.25) is 0 Å². The Morgan fingerprint density at radius 3 is 3.00 bits per heavy atom. The number of aromatic nitrogens is 2. The molecule has 1 aromatic rings. The molecule has 0 saturated carbocycles. The van der Waals surface area contributed by atoms with Crippen molar-refractivity contribution < 1.29 is 9.47 Å². The van der Waals surface area contributed by atoms with Crippen LogP contribution in [-0.4, -0.2) is 29.3 Å². The Labute approximate surface area is 82.3 Å². The van der Waals surface area contributed by atoms with Crippen LogP contribution in [0.1, 0.15) is 11.4 Å². The lowest BCUT2D eigenvalue weighted by Crippen LogP contribution is -2.39. The predicted molar refractivity (Wildman–Crippen MR) is 49.9 cm³/mol. The molecule has 1 aliphatic rings. The molecule has 0 aliphatic carbocycles. The van der Waals surface area contributed by atoms with Crippen molar-refractivity contribution in [1.82, 2.24) is 9.97 Å². The van der Waals surface area contributed by atoms with Crippen LogP contribution in [0.5, 0.6) is 5.88 Å². The number of aryl methyl sites for hydroxylation is 1. The van der Waals surface area contributed by atoms with Crippen LogP contribution < -0.4 is 10.5 Å². The lowest BCUT2D eigenvalue weighted by Gasteiger charge is -2.26. The molecule has 2 N–H and O–H groups in total. The number of nitrogens with zero attached hydrogens (tertiary/aromatic N) is 2. The molecule has 1 aromatic heterocycles. The van der Waals surface area contributed by atoms with E-state index in [2.05, 4.69) is 9.97 Å². The minimum absolute atomic E-state index is 0.120. The molecule has 0 atom stereocenters. The normalized spacial score (nSPS) is 16.4. The summed E-state index contributed by atoms with van der Waals surface area (Å²) in [5.74, 6) is 1.28. The van der Waals surface area contributed by atoms with Gasteiger partial charge in [0, 0.05) is 18.3 Å². The zero-order chi connectivity index (χ0) is 9.97. The van der Waals surface area contributed by atoms with E-state index in [9.17, 15) is 0 Å². The van der Waals surface area contributed by atoms with Gasteiger partial charge in [0.15, 0.2) is 0 Å². The maximum absolute atomic E-state index is 5.60. The highest BCUT2D eigenvalue weighted by Gasteiger charge is 2.21. The summed E-state index contributed by atoms with van der Waals surface area (Å²) in [6, 6.07) is 0. The standard InChI is InChI=1S/C9H13N3O2/c1-6-11-3-7(2-10)9(12-6)14-8-4-13-5-8/h3,8H,2,4-5,10H2,1H3. The van der Waals surface area contributed by atoms with E-state index in [4.69, 9.17) is 15.2 Å². The molecule has 5 heteroatoms. The first-order valence-corrected chi connectivity index (χ1v) is 4.56. The van der Waals surface area contributed by atoms with Crippen molar-refractivity contribution in [3.63, 3.8) is 0 Å². The third-order valence-corrected chi connectivity index (χ3v) is 2.05. The van der Waals surface area contributed by atoms with Crippen LogP contribution in [0.4, 0.5) is 0 Å². The van der Waals surface area contributed by atoms with Gasteiger partial charge in [-0.15, -0.1) is 0 Å². The Balaban J connectivity index is 2.15. The van der Waals surface area contributed by atoms with E-state index in [0.717, 1.165) is 5.56 Å². The molecule has 0 aromatic carbocycles. The van der Waals surface area contributed by atoms with Gasteiger partial charge in [-0.3, -0.25) is 0 Å². The van der Waals surface area contributed by atoms with Gasteiger partial charge < -0.3 is 15.2 Å². The minimum Gasteiger partial charge on any atom is -0.469 e. The summed E-state index contributed by atoms with van der Waals surface area (Å²) in [6.45, 7) is 3.48. The van der Waals surface area contributed by atoms with Crippen LogP contribution in [0, 0.1) is 6.92 Å². The fourth-order valence-electron chi connectivity index (χ4n) is 1.16. The topological polar surface area (TPSA) is 70.3 Å². The van der Waals surface area contributed by atoms with Crippen molar-refractivity contribution in [3.05, 3.63) is 17.6 Å². The lowest BCUT2D eigenvalue weighted by molar-refractivity contribution is -0.0817. The van der Waals surface area contributed by atoms with Crippen LogP contribution in [0.25, 0.3) is 0 Å². The molecule has 14 heavy (non-hydrogen) atoms. The summed E-state index contributed by atoms with van der Waals surface area (Å²) >= 11 is 0. The van der Waals surface area contributed by atoms with E-state index in [1.165, 1.54) is 0 Å². The van der Waals surface area contributed by atoms with Crippen LogP contribution in [0.3, 0.4) is 0 Å². The monoisotopic (exact) mass is 195 g/mol. The van der Waals surface area contributed by atoms with Crippen molar-refractivity contribution in [1.29, 1.82) is 0 Å². The molecule has 0 bridgehead atoms. The minimum atomic E-state index is 0.120. The number of hydrogen-bond acceptors (Lipinski definition) is 5. The van der Waals surface area contributed by atoms with Gasteiger partial charge in [0.25, 0.3) is 0 Å². The second-order valence-corrected chi connectivity index (χ2v) is 3.23. The number of nitrogens with two attached hydrogens (primary N) is 1. The van der Waals surface area contributed by atoms with Crippen molar-refractivity contribution in [2.75, 3.05) is 13.2 Å². The quantitative estimate of drug-likeness (QED) is 0.736. The van der Waals surface area contributed by atoms with E-state index in [0.29, 0.717) is 31.5 Å². The van der Waals surface area contributed by atoms with Crippen molar-refractivity contribution in [2.45, 2.75) is 19.6 Å². The molecule has 1 aliphatic heterocycles. The molecule has 5 nitrogen and oxygen atoms in total. The summed E-state index contributed by atoms with van der Waals surface area (Å²) < 4.78 is 10.6. The summed E-state index contributed by atoms with van der Waals surface area (Å²) in [5, 5.41) is 0. The van der Waals surface area contributed by atoms with Gasteiger partial charge in [-0.25, -0.2) is 4.98 Å². The Morgan fingerprint density at radius 1 is 1.64 bits per heavy atom. The van der Waals surface area contributed by atoms with Crippen molar-refractivity contribution in [2.24, 2.45) is 5.73 Å². The Kier molecular flexibility index (Phi) is 2.60. The van der Waals surface area contributed by atoms with Gasteiger partial charge in [-0.2, -0.15) is 4.98 Å². The van der Waals surface area contributed by atoms with E-state index in [1.54, 1.807) is 6.20 Å². The Morgan fingerprint density at radius 2 is 2.43 bits per heavy atom. The van der Waals surface area contributed by atoms with Gasteiger partial charge in [0.1, 0.15) is 11.9 Å². The fraction of sp³-hybridized carbons (Fsp3) is 0.556. The molecule has 1 saturated heterocycles. The lowest BCUT2D eigenvalue weighted by atomic mass is 10.3. The second kappa shape index (κ2) is 3.89. The smallest absolute Gasteiger partial charge is 0.221 e. The SMILES string of the molecule is Cc1ncc(CN)c(OC2COC2)n1. The molecule has 0 spiro atoms. The molecule has 0 radical (unpaired) electrons. The predicted octanol–water partition coefficient (Wildman–Crippen LogP) is 0.0213. The first-order chi connectivity index (χ1) is 6.79. The van der Waals surface area contributed by atoms with Crippen LogP contribution >= 0.6 is 0 Å².